The Morgan fingerprint density at radius 1 is 0.792 bits per heavy atom. The summed E-state index contributed by atoms with van der Waals surface area (Å²) in [4.78, 5) is 21.4. The van der Waals surface area contributed by atoms with Gasteiger partial charge in [-0.05, 0) is 6.42 Å². The molecule has 0 aliphatic carbocycles. The van der Waals surface area contributed by atoms with Gasteiger partial charge in [0.05, 0.1) is 43.8 Å². The summed E-state index contributed by atoms with van der Waals surface area (Å²) < 4.78 is 0. The first-order valence-electron chi connectivity index (χ1n) is 6.47. The van der Waals surface area contributed by atoms with Crippen molar-refractivity contribution in [1.29, 1.82) is 0 Å². The molecular weight excluding hydrogens is 348 g/mol. The van der Waals surface area contributed by atoms with Gasteiger partial charge in [0.1, 0.15) is 0 Å². The second kappa shape index (κ2) is 20.0. The molecule has 12 heteroatoms. The summed E-state index contributed by atoms with van der Waals surface area (Å²) in [5, 5.41) is 62.7. The maximum absolute atomic E-state index is 10.1. The SMILES string of the molecule is O=C([O-])CN(CCCO)CC(=O)[O-].OCC(CO)(CO)CO.[Na+].[Na+]. The maximum Gasteiger partial charge on any atom is 1.00 e. The number of rotatable bonds is 11. The summed E-state index contributed by atoms with van der Waals surface area (Å²) in [6.45, 7) is -2.48. The molecule has 0 radical (unpaired) electrons. The molecule has 0 amide bonds. The monoisotopic (exact) mass is 371 g/mol. The molecule has 0 unspecified atom stereocenters. The van der Waals surface area contributed by atoms with Crippen molar-refractivity contribution in [3.05, 3.63) is 0 Å². The van der Waals surface area contributed by atoms with E-state index in [2.05, 4.69) is 0 Å². The molecule has 0 spiro atoms. The van der Waals surface area contributed by atoms with Crippen LogP contribution in [0.15, 0.2) is 0 Å². The summed E-state index contributed by atoms with van der Waals surface area (Å²) in [5.74, 6) is -2.70. The van der Waals surface area contributed by atoms with Crippen LogP contribution in [0.2, 0.25) is 0 Å². The van der Waals surface area contributed by atoms with Gasteiger partial charge in [0.15, 0.2) is 0 Å². The molecule has 0 aromatic rings. The van der Waals surface area contributed by atoms with E-state index in [9.17, 15) is 19.8 Å². The summed E-state index contributed by atoms with van der Waals surface area (Å²) in [6, 6.07) is 0. The average molecular weight is 371 g/mol. The standard InChI is InChI=1S/C7H13NO5.C5H12O4.2Na/c9-3-1-2-8(4-6(10)11)5-7(12)13;6-1-5(2-7,3-8)4-9;;/h9H,1-5H2,(H,10,11)(H,12,13);6-9H,1-4H2;;/q;;2*+1/p-2. The van der Waals surface area contributed by atoms with Crippen molar-refractivity contribution in [3.8, 4) is 0 Å². The van der Waals surface area contributed by atoms with E-state index >= 15 is 0 Å². The van der Waals surface area contributed by atoms with E-state index in [4.69, 9.17) is 25.5 Å². The third-order valence-electron chi connectivity index (χ3n) is 2.68. The Bertz CT molecular complexity index is 283. The smallest absolute Gasteiger partial charge is 0.549 e. The van der Waals surface area contributed by atoms with Crippen LogP contribution >= 0.6 is 0 Å². The average Bonchev–Trinajstić information content (AvgIpc) is 2.47. The van der Waals surface area contributed by atoms with Crippen LogP contribution in [0.3, 0.4) is 0 Å². The van der Waals surface area contributed by atoms with E-state index in [1.54, 1.807) is 0 Å². The van der Waals surface area contributed by atoms with E-state index in [1.165, 1.54) is 0 Å². The van der Waals surface area contributed by atoms with Crippen LogP contribution in [-0.2, 0) is 9.59 Å². The third kappa shape index (κ3) is 17.5. The Kier molecular flexibility index (Phi) is 27.0. The van der Waals surface area contributed by atoms with Gasteiger partial charge >= 0.3 is 59.1 Å². The predicted molar refractivity (Wildman–Crippen MR) is 68.9 cm³/mol. The molecule has 0 aromatic carbocycles. The Morgan fingerprint density at radius 3 is 1.29 bits per heavy atom. The fourth-order valence-corrected chi connectivity index (χ4v) is 1.17. The topological polar surface area (TPSA) is 185 Å². The van der Waals surface area contributed by atoms with Crippen molar-refractivity contribution in [2.75, 3.05) is 52.7 Å². The first-order valence-corrected chi connectivity index (χ1v) is 6.47. The number of carboxylic acids is 2. The summed E-state index contributed by atoms with van der Waals surface area (Å²) in [6.07, 6.45) is 0.320. The first-order chi connectivity index (χ1) is 10.3. The van der Waals surface area contributed by atoms with Gasteiger partial charge in [-0.1, -0.05) is 0 Å². The molecule has 0 rings (SSSR count). The van der Waals surface area contributed by atoms with Crippen molar-refractivity contribution < 1.29 is 104 Å². The molecule has 0 aliphatic heterocycles. The van der Waals surface area contributed by atoms with Crippen LogP contribution in [0.5, 0.6) is 0 Å². The van der Waals surface area contributed by atoms with Gasteiger partial charge in [0, 0.05) is 26.2 Å². The molecule has 0 fully saturated rings. The molecule has 24 heavy (non-hydrogen) atoms. The second-order valence-electron chi connectivity index (χ2n) is 4.66. The number of carbonyl (C=O) groups is 2. The minimum atomic E-state index is -1.35. The Morgan fingerprint density at radius 2 is 1.12 bits per heavy atom. The first kappa shape index (κ1) is 32.4. The normalized spacial score (nSPS) is 10.1. The minimum Gasteiger partial charge on any atom is -0.549 e. The summed E-state index contributed by atoms with van der Waals surface area (Å²) in [5.41, 5.74) is -1.11. The van der Waals surface area contributed by atoms with Crippen molar-refractivity contribution in [2.45, 2.75) is 6.42 Å². The molecule has 5 N–H and O–H groups in total. The molecule has 0 atom stereocenters. The van der Waals surface area contributed by atoms with E-state index < -0.39 is 56.9 Å². The van der Waals surface area contributed by atoms with E-state index in [-0.39, 0.29) is 72.3 Å². The summed E-state index contributed by atoms with van der Waals surface area (Å²) >= 11 is 0. The Balaban J connectivity index is -0.000000162. The number of hydrogen-bond acceptors (Lipinski definition) is 10. The molecular formula is C12H23NNa2O9. The van der Waals surface area contributed by atoms with Crippen molar-refractivity contribution in [3.63, 3.8) is 0 Å². The van der Waals surface area contributed by atoms with Crippen LogP contribution in [-0.4, -0.2) is 95.0 Å². The van der Waals surface area contributed by atoms with Crippen molar-refractivity contribution in [1.82, 2.24) is 4.90 Å². The molecule has 0 aliphatic rings. The zero-order valence-electron chi connectivity index (χ0n) is 14.2. The number of carbonyl (C=O) groups excluding carboxylic acids is 2. The number of aliphatic hydroxyl groups excluding tert-OH is 5. The van der Waals surface area contributed by atoms with Crippen LogP contribution in [0.1, 0.15) is 6.42 Å². The molecule has 0 bridgehead atoms. The second-order valence-corrected chi connectivity index (χ2v) is 4.66. The number of nitrogens with zero attached hydrogens (tertiary/aromatic N) is 1. The molecule has 0 aromatic heterocycles. The van der Waals surface area contributed by atoms with Gasteiger partial charge in [-0.15, -0.1) is 0 Å². The molecule has 0 saturated heterocycles. The predicted octanol–water partition coefficient (Wildman–Crippen LogP) is -11.9. The fraction of sp³-hybridized carbons (Fsp3) is 0.833. The van der Waals surface area contributed by atoms with E-state index in [0.29, 0.717) is 6.42 Å². The minimum absolute atomic E-state index is 0. The zero-order valence-corrected chi connectivity index (χ0v) is 18.2. The van der Waals surface area contributed by atoms with Crippen LogP contribution in [0, 0.1) is 5.41 Å². The van der Waals surface area contributed by atoms with Gasteiger partial charge < -0.3 is 45.3 Å². The van der Waals surface area contributed by atoms with Crippen LogP contribution < -0.4 is 69.3 Å². The third-order valence-corrected chi connectivity index (χ3v) is 2.68. The fourth-order valence-electron chi connectivity index (χ4n) is 1.17. The van der Waals surface area contributed by atoms with Crippen molar-refractivity contribution >= 4 is 11.9 Å². The number of aliphatic carboxylic acids is 2. The quantitative estimate of drug-likeness (QED) is 0.218. The van der Waals surface area contributed by atoms with Crippen LogP contribution in [0.4, 0.5) is 0 Å². The number of carboxylic acid groups (broad SMARTS) is 2. The van der Waals surface area contributed by atoms with Gasteiger partial charge in [0.2, 0.25) is 0 Å². The van der Waals surface area contributed by atoms with E-state index in [0.717, 1.165) is 4.90 Å². The van der Waals surface area contributed by atoms with Gasteiger partial charge in [-0.25, -0.2) is 0 Å². The zero-order chi connectivity index (χ0) is 17.6. The maximum atomic E-state index is 10.1. The molecule has 10 nitrogen and oxygen atoms in total. The van der Waals surface area contributed by atoms with Gasteiger partial charge in [-0.3, -0.25) is 4.90 Å². The van der Waals surface area contributed by atoms with Crippen LogP contribution in [0.25, 0.3) is 0 Å². The Hall–Kier alpha value is 0.700. The van der Waals surface area contributed by atoms with Crippen molar-refractivity contribution in [2.24, 2.45) is 5.41 Å². The number of hydrogen-bond donors (Lipinski definition) is 5. The molecule has 0 heterocycles. The molecule has 0 saturated carbocycles. The van der Waals surface area contributed by atoms with Gasteiger partial charge in [0.25, 0.3) is 0 Å². The largest absolute Gasteiger partial charge is 1.00 e. The number of aliphatic hydroxyl groups is 5. The Labute approximate surface area is 184 Å². The van der Waals surface area contributed by atoms with Gasteiger partial charge in [-0.2, -0.15) is 0 Å². The molecule has 132 valence electrons. The van der Waals surface area contributed by atoms with E-state index in [1.807, 2.05) is 0 Å². The summed E-state index contributed by atoms with van der Waals surface area (Å²) in [7, 11) is 0.